The minimum atomic E-state index is 0.481. The Morgan fingerprint density at radius 2 is 2.44 bits per heavy atom. The second kappa shape index (κ2) is 2.85. The van der Waals surface area contributed by atoms with Gasteiger partial charge in [0.05, 0.1) is 5.69 Å². The van der Waals surface area contributed by atoms with Crippen LogP contribution in [0.1, 0.15) is 5.69 Å². The lowest BCUT2D eigenvalue weighted by atomic mass is 10.3. The maximum Gasteiger partial charge on any atom is 0.0550 e. The Morgan fingerprint density at radius 3 is 2.89 bits per heavy atom. The summed E-state index contributed by atoms with van der Waals surface area (Å²) in [5.74, 6) is 0. The largest absolute Gasteiger partial charge is 0.325 e. The first-order valence-corrected chi connectivity index (χ1v) is 3.11. The van der Waals surface area contributed by atoms with Crippen LogP contribution in [0.4, 0.5) is 0 Å². The van der Waals surface area contributed by atoms with E-state index < -0.39 is 0 Å². The van der Waals surface area contributed by atoms with Crippen molar-refractivity contribution in [3.05, 3.63) is 24.0 Å². The molecule has 1 rings (SSSR count). The van der Waals surface area contributed by atoms with Gasteiger partial charge in [0, 0.05) is 17.6 Å². The molecule has 0 saturated carbocycles. The number of rotatable bonds is 1. The van der Waals surface area contributed by atoms with Gasteiger partial charge in [-0.1, -0.05) is 0 Å². The molecule has 0 amide bonds. The Morgan fingerprint density at radius 1 is 1.67 bits per heavy atom. The molecule has 2 nitrogen and oxygen atoms in total. The summed E-state index contributed by atoms with van der Waals surface area (Å²) in [6.07, 6.45) is 1.70. The van der Waals surface area contributed by atoms with E-state index in [4.69, 9.17) is 5.73 Å². The van der Waals surface area contributed by atoms with E-state index in [2.05, 4.69) is 17.6 Å². The molecule has 0 atom stereocenters. The predicted octanol–water partition coefficient (Wildman–Crippen LogP) is 0.829. The molecule has 9 heavy (non-hydrogen) atoms. The summed E-state index contributed by atoms with van der Waals surface area (Å²) in [4.78, 5) is 4.89. The molecule has 1 aromatic rings. The number of hydrogen-bond acceptors (Lipinski definition) is 3. The van der Waals surface area contributed by atoms with Crippen LogP contribution in [0.2, 0.25) is 0 Å². The molecule has 0 unspecified atom stereocenters. The van der Waals surface area contributed by atoms with Crippen molar-refractivity contribution < 1.29 is 0 Å². The maximum absolute atomic E-state index is 5.32. The molecule has 1 aromatic heterocycles. The third-order valence-corrected chi connectivity index (χ3v) is 1.29. The van der Waals surface area contributed by atoms with Crippen LogP contribution in [0.5, 0.6) is 0 Å². The van der Waals surface area contributed by atoms with Crippen molar-refractivity contribution in [1.29, 1.82) is 0 Å². The van der Waals surface area contributed by atoms with Crippen molar-refractivity contribution in [3.63, 3.8) is 0 Å². The summed E-state index contributed by atoms with van der Waals surface area (Å²) in [5, 5.41) is 0. The van der Waals surface area contributed by atoms with Gasteiger partial charge >= 0.3 is 0 Å². The Bertz CT molecular complexity index is 200. The van der Waals surface area contributed by atoms with Gasteiger partial charge in [-0.2, -0.15) is 0 Å². The molecule has 2 N–H and O–H groups in total. The summed E-state index contributed by atoms with van der Waals surface area (Å²) in [6.45, 7) is 0.481. The highest BCUT2D eigenvalue weighted by molar-refractivity contribution is 7.80. The SMILES string of the molecule is NCc1cc(S)ccn1. The summed E-state index contributed by atoms with van der Waals surface area (Å²) in [7, 11) is 0. The molecular weight excluding hydrogens is 132 g/mol. The van der Waals surface area contributed by atoms with E-state index in [9.17, 15) is 0 Å². The fourth-order valence-corrected chi connectivity index (χ4v) is 0.793. The first kappa shape index (κ1) is 6.58. The van der Waals surface area contributed by atoms with Crippen molar-refractivity contribution in [3.8, 4) is 0 Å². The van der Waals surface area contributed by atoms with Crippen LogP contribution in [0, 0.1) is 0 Å². The highest BCUT2D eigenvalue weighted by Gasteiger charge is 1.88. The topological polar surface area (TPSA) is 38.9 Å². The van der Waals surface area contributed by atoms with Crippen molar-refractivity contribution in [1.82, 2.24) is 4.98 Å². The molecular formula is C6H8N2S. The molecule has 3 heteroatoms. The summed E-state index contributed by atoms with van der Waals surface area (Å²) in [6, 6.07) is 3.67. The predicted molar refractivity (Wildman–Crippen MR) is 39.4 cm³/mol. The van der Waals surface area contributed by atoms with Gasteiger partial charge in [-0.05, 0) is 12.1 Å². The lowest BCUT2D eigenvalue weighted by Crippen LogP contribution is -1.98. The maximum atomic E-state index is 5.32. The van der Waals surface area contributed by atoms with Gasteiger partial charge in [0.2, 0.25) is 0 Å². The minimum absolute atomic E-state index is 0.481. The van der Waals surface area contributed by atoms with Crippen LogP contribution < -0.4 is 5.73 Å². The van der Waals surface area contributed by atoms with Gasteiger partial charge in [-0.25, -0.2) is 0 Å². The average Bonchev–Trinajstić information content (AvgIpc) is 1.88. The third kappa shape index (κ3) is 1.69. The molecule has 0 radical (unpaired) electrons. The smallest absolute Gasteiger partial charge is 0.0550 e. The fourth-order valence-electron chi connectivity index (χ4n) is 0.577. The Labute approximate surface area is 59.5 Å². The second-order valence-electron chi connectivity index (χ2n) is 1.71. The number of pyridine rings is 1. The fraction of sp³-hybridized carbons (Fsp3) is 0.167. The third-order valence-electron chi connectivity index (χ3n) is 1.01. The van der Waals surface area contributed by atoms with Crippen molar-refractivity contribution in [2.75, 3.05) is 0 Å². The van der Waals surface area contributed by atoms with Crippen LogP contribution in [0.15, 0.2) is 23.2 Å². The molecule has 0 bridgehead atoms. The second-order valence-corrected chi connectivity index (χ2v) is 2.23. The van der Waals surface area contributed by atoms with Crippen LogP contribution in [0.25, 0.3) is 0 Å². The number of hydrogen-bond donors (Lipinski definition) is 2. The van der Waals surface area contributed by atoms with E-state index in [1.54, 1.807) is 6.20 Å². The van der Waals surface area contributed by atoms with Crippen molar-refractivity contribution >= 4 is 12.6 Å². The van der Waals surface area contributed by atoms with E-state index in [1.807, 2.05) is 12.1 Å². The molecule has 1 heterocycles. The number of nitrogens with two attached hydrogens (primary N) is 1. The van der Waals surface area contributed by atoms with Gasteiger partial charge in [0.15, 0.2) is 0 Å². The van der Waals surface area contributed by atoms with E-state index in [0.717, 1.165) is 10.6 Å². The number of nitrogens with zero attached hydrogens (tertiary/aromatic N) is 1. The Hall–Kier alpha value is -0.540. The Balaban J connectivity index is 2.94. The standard InChI is InChI=1S/C6H8N2S/c7-4-5-3-6(9)1-2-8-5/h1-3H,4,7H2,(H,8,9). The van der Waals surface area contributed by atoms with Crippen LogP contribution in [-0.4, -0.2) is 4.98 Å². The summed E-state index contributed by atoms with van der Waals surface area (Å²) >= 11 is 4.11. The first-order valence-electron chi connectivity index (χ1n) is 2.67. The monoisotopic (exact) mass is 140 g/mol. The van der Waals surface area contributed by atoms with Crippen LogP contribution in [0.3, 0.4) is 0 Å². The van der Waals surface area contributed by atoms with Crippen molar-refractivity contribution in [2.45, 2.75) is 11.4 Å². The number of aromatic nitrogens is 1. The molecule has 0 saturated heterocycles. The van der Waals surface area contributed by atoms with Crippen LogP contribution in [-0.2, 0) is 6.54 Å². The van der Waals surface area contributed by atoms with Crippen LogP contribution >= 0.6 is 12.6 Å². The average molecular weight is 140 g/mol. The van der Waals surface area contributed by atoms with E-state index in [0.29, 0.717) is 6.54 Å². The highest BCUT2D eigenvalue weighted by atomic mass is 32.1. The molecule has 0 aromatic carbocycles. The normalized spacial score (nSPS) is 9.56. The minimum Gasteiger partial charge on any atom is -0.325 e. The molecule has 0 spiro atoms. The first-order chi connectivity index (χ1) is 4.33. The molecule has 48 valence electrons. The Kier molecular flexibility index (Phi) is 2.08. The van der Waals surface area contributed by atoms with E-state index >= 15 is 0 Å². The summed E-state index contributed by atoms with van der Waals surface area (Å²) in [5.41, 5.74) is 6.20. The molecule has 0 aliphatic heterocycles. The lowest BCUT2D eigenvalue weighted by molar-refractivity contribution is 0.977. The van der Waals surface area contributed by atoms with Crippen molar-refractivity contribution in [2.24, 2.45) is 5.73 Å². The van der Waals surface area contributed by atoms with E-state index in [1.165, 1.54) is 0 Å². The van der Waals surface area contributed by atoms with Gasteiger partial charge in [-0.15, -0.1) is 12.6 Å². The highest BCUT2D eigenvalue weighted by Crippen LogP contribution is 2.04. The molecule has 0 fully saturated rings. The molecule has 0 aliphatic carbocycles. The quantitative estimate of drug-likeness (QED) is 0.567. The zero-order chi connectivity index (χ0) is 6.69. The number of thiol groups is 1. The van der Waals surface area contributed by atoms with Gasteiger partial charge in [0.1, 0.15) is 0 Å². The molecule has 0 aliphatic rings. The lowest BCUT2D eigenvalue weighted by Gasteiger charge is -1.93. The zero-order valence-electron chi connectivity index (χ0n) is 4.91. The summed E-state index contributed by atoms with van der Waals surface area (Å²) < 4.78 is 0. The van der Waals surface area contributed by atoms with Gasteiger partial charge < -0.3 is 5.73 Å². The van der Waals surface area contributed by atoms with Gasteiger partial charge in [0.25, 0.3) is 0 Å². The van der Waals surface area contributed by atoms with Gasteiger partial charge in [-0.3, -0.25) is 4.98 Å². The van der Waals surface area contributed by atoms with E-state index in [-0.39, 0.29) is 0 Å². The zero-order valence-corrected chi connectivity index (χ0v) is 5.81.